The van der Waals surface area contributed by atoms with Gasteiger partial charge < -0.3 is 0 Å². The van der Waals surface area contributed by atoms with Crippen molar-refractivity contribution in [3.63, 3.8) is 0 Å². The van der Waals surface area contributed by atoms with Crippen LogP contribution in [0.1, 0.15) is 30.8 Å². The predicted molar refractivity (Wildman–Crippen MR) is 92.4 cm³/mol. The lowest BCUT2D eigenvalue weighted by Crippen LogP contribution is -2.44. The first-order valence-electron chi connectivity index (χ1n) is 7.78. The Hall–Kier alpha value is -2.54. The van der Waals surface area contributed by atoms with Crippen LogP contribution in [0.3, 0.4) is 0 Å². The Labute approximate surface area is 151 Å². The van der Waals surface area contributed by atoms with Crippen molar-refractivity contribution in [2.75, 3.05) is 0 Å². The van der Waals surface area contributed by atoms with E-state index in [2.05, 4.69) is 20.2 Å². The fourth-order valence-corrected chi connectivity index (χ4v) is 3.09. The number of alkyl halides is 2. The van der Waals surface area contributed by atoms with Crippen molar-refractivity contribution in [2.24, 2.45) is 4.99 Å². The molecule has 0 saturated carbocycles. The molecular weight excluding hydrogens is 365 g/mol. The quantitative estimate of drug-likeness (QED) is 0.626. The first kappa shape index (κ1) is 16.9. The number of aliphatic imine (C=N–C) groups is 1. The molecule has 0 N–H and O–H groups in total. The van der Waals surface area contributed by atoms with Crippen LogP contribution in [0, 0.1) is 5.82 Å². The van der Waals surface area contributed by atoms with Gasteiger partial charge in [0.1, 0.15) is 16.8 Å². The van der Waals surface area contributed by atoms with Gasteiger partial charge >= 0.3 is 0 Å². The molecule has 0 radical (unpaired) electrons. The van der Waals surface area contributed by atoms with E-state index in [1.165, 1.54) is 44.2 Å². The standard InChI is InChI=1S/C18H12ClF3N4/c1-17(2)18(21,22)11-8-9(19)6-7-10(11)14(24-17)16-23-13-5-3-4-12(20)15(13)25-26-16/h3-8H,1-2H3. The molecule has 132 valence electrons. The Bertz CT molecular complexity index is 1080. The molecule has 8 heteroatoms. The average Bonchev–Trinajstić information content (AvgIpc) is 2.59. The SMILES string of the molecule is CC1(C)N=C(c2nnc3c(F)cccc3n2)c2ccc(Cl)cc2C1(F)F. The number of hydrogen-bond acceptors (Lipinski definition) is 4. The van der Waals surface area contributed by atoms with Crippen LogP contribution in [-0.2, 0) is 5.92 Å². The van der Waals surface area contributed by atoms with E-state index in [-0.39, 0.29) is 38.7 Å². The van der Waals surface area contributed by atoms with Crippen LogP contribution in [0.5, 0.6) is 0 Å². The van der Waals surface area contributed by atoms with E-state index >= 15 is 0 Å². The van der Waals surface area contributed by atoms with E-state index in [0.717, 1.165) is 0 Å². The average molecular weight is 377 g/mol. The minimum absolute atomic E-state index is 0.00794. The first-order valence-corrected chi connectivity index (χ1v) is 8.16. The second kappa shape index (κ2) is 5.48. The molecule has 0 atom stereocenters. The van der Waals surface area contributed by atoms with Gasteiger partial charge in [-0.2, -0.15) is 8.78 Å². The van der Waals surface area contributed by atoms with Gasteiger partial charge in [-0.3, -0.25) is 4.99 Å². The summed E-state index contributed by atoms with van der Waals surface area (Å²) in [5, 5.41) is 7.96. The number of aromatic nitrogens is 3. The second-order valence-electron chi connectivity index (χ2n) is 6.53. The molecule has 4 rings (SSSR count). The van der Waals surface area contributed by atoms with Crippen LogP contribution in [0.25, 0.3) is 11.0 Å². The van der Waals surface area contributed by atoms with Crippen molar-refractivity contribution in [2.45, 2.75) is 25.3 Å². The van der Waals surface area contributed by atoms with Crippen molar-refractivity contribution >= 4 is 28.3 Å². The number of hydrogen-bond donors (Lipinski definition) is 0. The Morgan fingerprint density at radius 3 is 2.58 bits per heavy atom. The normalized spacial score (nSPS) is 17.7. The van der Waals surface area contributed by atoms with E-state index in [1.807, 2.05) is 0 Å². The van der Waals surface area contributed by atoms with Crippen LogP contribution in [0.4, 0.5) is 13.2 Å². The highest BCUT2D eigenvalue weighted by Crippen LogP contribution is 2.47. The van der Waals surface area contributed by atoms with Gasteiger partial charge in [-0.25, -0.2) is 9.37 Å². The van der Waals surface area contributed by atoms with Crippen molar-refractivity contribution in [1.29, 1.82) is 0 Å². The maximum Gasteiger partial charge on any atom is 0.298 e. The van der Waals surface area contributed by atoms with Crippen LogP contribution < -0.4 is 0 Å². The second-order valence-corrected chi connectivity index (χ2v) is 6.96. The zero-order valence-electron chi connectivity index (χ0n) is 13.8. The van der Waals surface area contributed by atoms with E-state index in [9.17, 15) is 13.2 Å². The smallest absolute Gasteiger partial charge is 0.268 e. The summed E-state index contributed by atoms with van der Waals surface area (Å²) >= 11 is 5.93. The third-order valence-corrected chi connectivity index (χ3v) is 4.62. The first-order chi connectivity index (χ1) is 12.2. The van der Waals surface area contributed by atoms with E-state index in [1.54, 1.807) is 6.07 Å². The van der Waals surface area contributed by atoms with Gasteiger partial charge in [-0.1, -0.05) is 23.7 Å². The number of fused-ring (bicyclic) bond motifs is 2. The minimum Gasteiger partial charge on any atom is -0.268 e. The monoisotopic (exact) mass is 376 g/mol. The summed E-state index contributed by atoms with van der Waals surface area (Å²) in [6.07, 6.45) is 0. The lowest BCUT2D eigenvalue weighted by Gasteiger charge is -2.36. The van der Waals surface area contributed by atoms with Crippen LogP contribution in [0.2, 0.25) is 5.02 Å². The Balaban J connectivity index is 1.98. The minimum atomic E-state index is -3.23. The summed E-state index contributed by atoms with van der Waals surface area (Å²) in [5.74, 6) is -3.73. The summed E-state index contributed by atoms with van der Waals surface area (Å²) in [6.45, 7) is 2.65. The third kappa shape index (κ3) is 2.38. The molecule has 3 aromatic rings. The molecule has 2 aromatic carbocycles. The molecule has 2 heterocycles. The van der Waals surface area contributed by atoms with E-state index in [4.69, 9.17) is 11.6 Å². The Kier molecular flexibility index (Phi) is 3.56. The summed E-state index contributed by atoms with van der Waals surface area (Å²) < 4.78 is 43.5. The fourth-order valence-electron chi connectivity index (χ4n) is 2.92. The highest BCUT2D eigenvalue weighted by Gasteiger charge is 2.53. The zero-order valence-corrected chi connectivity index (χ0v) is 14.5. The van der Waals surface area contributed by atoms with Crippen molar-refractivity contribution in [3.8, 4) is 0 Å². The van der Waals surface area contributed by atoms with Gasteiger partial charge in [0.05, 0.1) is 5.52 Å². The summed E-state index contributed by atoms with van der Waals surface area (Å²) in [4.78, 5) is 8.47. The van der Waals surface area contributed by atoms with Crippen LogP contribution in [-0.4, -0.2) is 26.4 Å². The van der Waals surface area contributed by atoms with Gasteiger partial charge in [-0.05, 0) is 38.1 Å². The van der Waals surface area contributed by atoms with Gasteiger partial charge in [0.25, 0.3) is 5.92 Å². The van der Waals surface area contributed by atoms with Gasteiger partial charge in [0.2, 0.25) is 5.82 Å². The Morgan fingerprint density at radius 2 is 1.81 bits per heavy atom. The lowest BCUT2D eigenvalue weighted by molar-refractivity contribution is -0.0682. The third-order valence-electron chi connectivity index (χ3n) is 4.38. The Morgan fingerprint density at radius 1 is 1.04 bits per heavy atom. The molecular formula is C18H12ClF3N4. The molecule has 0 aliphatic carbocycles. The van der Waals surface area contributed by atoms with Crippen molar-refractivity contribution in [3.05, 3.63) is 64.2 Å². The maximum absolute atomic E-state index is 14.9. The predicted octanol–water partition coefficient (Wildman–Crippen LogP) is 4.54. The van der Waals surface area contributed by atoms with E-state index in [0.29, 0.717) is 0 Å². The van der Waals surface area contributed by atoms with Crippen molar-refractivity contribution in [1.82, 2.24) is 15.2 Å². The largest absolute Gasteiger partial charge is 0.298 e. The van der Waals surface area contributed by atoms with Crippen molar-refractivity contribution < 1.29 is 13.2 Å². The van der Waals surface area contributed by atoms with Gasteiger partial charge in [0, 0.05) is 16.1 Å². The topological polar surface area (TPSA) is 51.0 Å². The molecule has 1 aliphatic rings. The molecule has 4 nitrogen and oxygen atoms in total. The summed E-state index contributed by atoms with van der Waals surface area (Å²) in [5.41, 5.74) is -1.36. The lowest BCUT2D eigenvalue weighted by atomic mass is 9.83. The fraction of sp³-hybridized carbons (Fsp3) is 0.222. The molecule has 0 spiro atoms. The van der Waals surface area contributed by atoms with Gasteiger partial charge in [-0.15, -0.1) is 10.2 Å². The molecule has 0 saturated heterocycles. The highest BCUT2D eigenvalue weighted by molar-refractivity contribution is 6.31. The number of benzene rings is 2. The highest BCUT2D eigenvalue weighted by atomic mass is 35.5. The molecule has 1 aliphatic heterocycles. The number of halogens is 4. The molecule has 26 heavy (non-hydrogen) atoms. The summed E-state index contributed by atoms with van der Waals surface area (Å²) in [6, 6.07) is 8.49. The molecule has 0 unspecified atom stereocenters. The molecule has 1 aromatic heterocycles. The molecule has 0 fully saturated rings. The number of nitrogens with zero attached hydrogens (tertiary/aromatic N) is 4. The maximum atomic E-state index is 14.9. The summed E-state index contributed by atoms with van der Waals surface area (Å²) in [7, 11) is 0. The van der Waals surface area contributed by atoms with Crippen LogP contribution >= 0.6 is 11.6 Å². The van der Waals surface area contributed by atoms with E-state index < -0.39 is 17.3 Å². The molecule has 0 bridgehead atoms. The van der Waals surface area contributed by atoms with Crippen LogP contribution in [0.15, 0.2) is 41.4 Å². The molecule has 0 amide bonds. The number of rotatable bonds is 1. The zero-order chi connectivity index (χ0) is 18.7. The van der Waals surface area contributed by atoms with Gasteiger partial charge in [0.15, 0.2) is 5.82 Å².